The third-order valence-corrected chi connectivity index (χ3v) is 6.51. The van der Waals surface area contributed by atoms with E-state index < -0.39 is 22.0 Å². The van der Waals surface area contributed by atoms with E-state index in [1.807, 2.05) is 19.2 Å². The zero-order chi connectivity index (χ0) is 21.7. The van der Waals surface area contributed by atoms with Crippen molar-refractivity contribution < 1.29 is 17.9 Å². The number of imidazole rings is 1. The number of carbonyl (C=O) groups is 1. The molecule has 30 heavy (non-hydrogen) atoms. The highest BCUT2D eigenvalue weighted by Crippen LogP contribution is 2.23. The summed E-state index contributed by atoms with van der Waals surface area (Å²) >= 11 is 0. The van der Waals surface area contributed by atoms with Crippen LogP contribution in [0.5, 0.6) is 5.75 Å². The minimum Gasteiger partial charge on any atom is -0.497 e. The van der Waals surface area contributed by atoms with Crippen LogP contribution in [-0.4, -0.2) is 48.9 Å². The number of carbonyl (C=O) groups excluding carboxylic acids is 1. The fraction of sp³-hybridized carbons (Fsp3) is 0.238. The quantitative estimate of drug-likeness (QED) is 0.592. The van der Waals surface area contributed by atoms with Gasteiger partial charge in [0.1, 0.15) is 17.6 Å². The fourth-order valence-corrected chi connectivity index (χ4v) is 4.16. The molecule has 0 aliphatic rings. The minimum atomic E-state index is -3.77. The van der Waals surface area contributed by atoms with E-state index in [4.69, 9.17) is 4.74 Å². The van der Waals surface area contributed by atoms with Crippen LogP contribution in [0.25, 0.3) is 0 Å². The Morgan fingerprint density at radius 3 is 2.40 bits per heavy atom. The molecule has 0 bridgehead atoms. The third kappa shape index (κ3) is 4.69. The van der Waals surface area contributed by atoms with E-state index in [0.29, 0.717) is 11.6 Å². The summed E-state index contributed by atoms with van der Waals surface area (Å²) < 4.78 is 33.4. The van der Waals surface area contributed by atoms with Crippen molar-refractivity contribution in [2.24, 2.45) is 7.05 Å². The van der Waals surface area contributed by atoms with E-state index in [-0.39, 0.29) is 11.4 Å². The lowest BCUT2D eigenvalue weighted by Gasteiger charge is -2.22. The largest absolute Gasteiger partial charge is 0.497 e. The number of ether oxygens (including phenoxy) is 1. The number of likely N-dealkylation sites (N-methyl/N-ethyl adjacent to an activating group) is 1. The Balaban J connectivity index is 1.80. The van der Waals surface area contributed by atoms with Crippen LogP contribution in [0.15, 0.2) is 71.9 Å². The van der Waals surface area contributed by atoms with Crippen molar-refractivity contribution in [1.29, 1.82) is 0 Å². The summed E-state index contributed by atoms with van der Waals surface area (Å²) in [4.78, 5) is 17.2. The monoisotopic (exact) mass is 428 g/mol. The zero-order valence-electron chi connectivity index (χ0n) is 17.0. The molecule has 158 valence electrons. The van der Waals surface area contributed by atoms with Gasteiger partial charge in [-0.2, -0.15) is 4.31 Å². The molecule has 0 saturated carbocycles. The molecule has 0 fully saturated rings. The molecule has 0 aliphatic heterocycles. The highest BCUT2D eigenvalue weighted by atomic mass is 32.2. The van der Waals surface area contributed by atoms with Gasteiger partial charge in [-0.1, -0.05) is 30.3 Å². The summed E-state index contributed by atoms with van der Waals surface area (Å²) in [7, 11) is 1.02. The van der Waals surface area contributed by atoms with Gasteiger partial charge in [-0.25, -0.2) is 13.4 Å². The van der Waals surface area contributed by atoms with Crippen LogP contribution in [0.4, 0.5) is 0 Å². The van der Waals surface area contributed by atoms with Crippen molar-refractivity contribution in [2.45, 2.75) is 10.9 Å². The number of sulfonamides is 1. The second-order valence-electron chi connectivity index (χ2n) is 6.74. The van der Waals surface area contributed by atoms with Gasteiger partial charge in [-0.15, -0.1) is 0 Å². The Labute approximate surface area is 176 Å². The molecule has 0 saturated heterocycles. The van der Waals surface area contributed by atoms with E-state index in [1.165, 1.54) is 19.2 Å². The van der Waals surface area contributed by atoms with Crippen molar-refractivity contribution in [3.63, 3.8) is 0 Å². The first-order valence-corrected chi connectivity index (χ1v) is 10.7. The van der Waals surface area contributed by atoms with Crippen molar-refractivity contribution in [3.05, 3.63) is 78.4 Å². The maximum atomic E-state index is 12.8. The maximum Gasteiger partial charge on any atom is 0.243 e. The summed E-state index contributed by atoms with van der Waals surface area (Å²) in [5, 5.41) is 2.90. The molecular weight excluding hydrogens is 404 g/mol. The Hall–Kier alpha value is -3.17. The molecule has 0 spiro atoms. The molecule has 8 nitrogen and oxygen atoms in total. The average molecular weight is 429 g/mol. The average Bonchev–Trinajstić information content (AvgIpc) is 3.18. The number of benzene rings is 2. The van der Waals surface area contributed by atoms with Crippen LogP contribution in [0.2, 0.25) is 0 Å². The van der Waals surface area contributed by atoms with E-state index in [9.17, 15) is 13.2 Å². The van der Waals surface area contributed by atoms with Crippen LogP contribution < -0.4 is 10.1 Å². The van der Waals surface area contributed by atoms with E-state index >= 15 is 0 Å². The molecule has 1 heterocycles. The first kappa shape index (κ1) is 21.5. The summed E-state index contributed by atoms with van der Waals surface area (Å²) in [6, 6.07) is 14.7. The summed E-state index contributed by atoms with van der Waals surface area (Å²) in [5.41, 5.74) is 0.798. The topological polar surface area (TPSA) is 93.5 Å². The molecule has 3 aromatic rings. The maximum absolute atomic E-state index is 12.8. The van der Waals surface area contributed by atoms with Gasteiger partial charge >= 0.3 is 0 Å². The fourth-order valence-electron chi connectivity index (χ4n) is 3.01. The molecule has 1 unspecified atom stereocenters. The van der Waals surface area contributed by atoms with Gasteiger partial charge in [0.2, 0.25) is 15.9 Å². The number of amides is 1. The van der Waals surface area contributed by atoms with Crippen molar-refractivity contribution in [2.75, 3.05) is 20.7 Å². The summed E-state index contributed by atoms with van der Waals surface area (Å²) in [6.45, 7) is -0.325. The van der Waals surface area contributed by atoms with Crippen LogP contribution >= 0.6 is 0 Å². The number of aryl methyl sites for hydroxylation is 1. The summed E-state index contributed by atoms with van der Waals surface area (Å²) in [5.74, 6) is 0.875. The minimum absolute atomic E-state index is 0.135. The lowest BCUT2D eigenvalue weighted by Crippen LogP contribution is -2.40. The predicted molar refractivity (Wildman–Crippen MR) is 112 cm³/mol. The predicted octanol–water partition coefficient (Wildman–Crippen LogP) is 1.95. The normalized spacial score (nSPS) is 12.5. The highest BCUT2D eigenvalue weighted by molar-refractivity contribution is 7.89. The first-order chi connectivity index (χ1) is 14.3. The Morgan fingerprint density at radius 2 is 1.83 bits per heavy atom. The van der Waals surface area contributed by atoms with Gasteiger partial charge < -0.3 is 14.6 Å². The van der Waals surface area contributed by atoms with Gasteiger partial charge in [0, 0.05) is 26.5 Å². The molecule has 1 atom stereocenters. The number of hydrogen-bond acceptors (Lipinski definition) is 5. The molecule has 1 aromatic heterocycles. The number of nitrogens with zero attached hydrogens (tertiary/aromatic N) is 3. The highest BCUT2D eigenvalue weighted by Gasteiger charge is 2.26. The zero-order valence-corrected chi connectivity index (χ0v) is 17.8. The van der Waals surface area contributed by atoms with Gasteiger partial charge in [0.15, 0.2) is 0 Å². The lowest BCUT2D eigenvalue weighted by molar-refractivity contribution is -0.121. The molecule has 1 N–H and O–H groups in total. The van der Waals surface area contributed by atoms with Gasteiger partial charge in [-0.3, -0.25) is 4.79 Å². The number of methoxy groups -OCH3 is 1. The molecule has 9 heteroatoms. The van der Waals surface area contributed by atoms with E-state index in [1.54, 1.807) is 54.4 Å². The van der Waals surface area contributed by atoms with Crippen LogP contribution in [0.1, 0.15) is 17.4 Å². The molecule has 0 radical (unpaired) electrons. The number of aromatic nitrogens is 2. The van der Waals surface area contributed by atoms with E-state index in [0.717, 1.165) is 9.87 Å². The Morgan fingerprint density at radius 1 is 1.17 bits per heavy atom. The lowest BCUT2D eigenvalue weighted by atomic mass is 10.1. The van der Waals surface area contributed by atoms with Crippen molar-refractivity contribution in [3.8, 4) is 5.75 Å². The van der Waals surface area contributed by atoms with Crippen LogP contribution in [-0.2, 0) is 21.9 Å². The SMILES string of the molecule is COc1ccc(C(NC(=O)CN(C)S(=O)(=O)c2ccccc2)c2nccn2C)cc1. The number of nitrogens with one attached hydrogen (secondary N) is 1. The number of rotatable bonds is 8. The first-order valence-electron chi connectivity index (χ1n) is 9.25. The van der Waals surface area contributed by atoms with Crippen molar-refractivity contribution in [1.82, 2.24) is 19.2 Å². The smallest absolute Gasteiger partial charge is 0.243 e. The van der Waals surface area contributed by atoms with E-state index in [2.05, 4.69) is 10.3 Å². The Bertz CT molecular complexity index is 1100. The molecular formula is C21H24N4O4S. The second kappa shape index (κ2) is 9.10. The molecule has 2 aromatic carbocycles. The standard InChI is InChI=1S/C21H24N4O4S/c1-24-14-13-22-21(24)20(16-9-11-17(29-3)12-10-16)23-19(26)15-25(2)30(27,28)18-7-5-4-6-8-18/h4-14,20H,15H2,1-3H3,(H,23,26). The second-order valence-corrected chi connectivity index (χ2v) is 8.79. The Kier molecular flexibility index (Phi) is 6.53. The van der Waals surface area contributed by atoms with Gasteiger partial charge in [0.05, 0.1) is 18.6 Å². The third-order valence-electron chi connectivity index (χ3n) is 4.69. The van der Waals surface area contributed by atoms with Crippen LogP contribution in [0, 0.1) is 0 Å². The molecule has 0 aliphatic carbocycles. The van der Waals surface area contributed by atoms with Crippen LogP contribution in [0.3, 0.4) is 0 Å². The summed E-state index contributed by atoms with van der Waals surface area (Å²) in [6.07, 6.45) is 3.42. The molecule has 3 rings (SSSR count). The molecule has 1 amide bonds. The van der Waals surface area contributed by atoms with Crippen molar-refractivity contribution >= 4 is 15.9 Å². The number of hydrogen-bond donors (Lipinski definition) is 1. The van der Waals surface area contributed by atoms with Gasteiger partial charge in [-0.05, 0) is 29.8 Å². The van der Waals surface area contributed by atoms with Gasteiger partial charge in [0.25, 0.3) is 0 Å².